The lowest BCUT2D eigenvalue weighted by Gasteiger charge is -2.27. The third-order valence-corrected chi connectivity index (χ3v) is 3.38. The van der Waals surface area contributed by atoms with Gasteiger partial charge in [-0.05, 0) is 19.1 Å². The fourth-order valence-corrected chi connectivity index (χ4v) is 2.18. The molecule has 0 aliphatic rings. The molecule has 1 unspecified atom stereocenters. The lowest BCUT2D eigenvalue weighted by atomic mass is 10.2. The van der Waals surface area contributed by atoms with E-state index in [0.29, 0.717) is 0 Å². The highest BCUT2D eigenvalue weighted by molar-refractivity contribution is 7.80. The molecule has 10 N–H and O–H groups in total. The second kappa shape index (κ2) is 11.5. The molecule has 0 aromatic rings. The lowest BCUT2D eigenvalue weighted by molar-refractivity contribution is -0.141. The summed E-state index contributed by atoms with van der Waals surface area (Å²) in [7, 11) is 1.49. The average molecular weight is 394 g/mol. The number of rotatable bonds is 11. The number of nitrogens with zero attached hydrogens (tertiary/aromatic N) is 1. The van der Waals surface area contributed by atoms with Crippen molar-refractivity contribution in [2.45, 2.75) is 37.6 Å². The second-order valence-electron chi connectivity index (χ2n) is 5.69. The highest BCUT2D eigenvalue weighted by Gasteiger charge is 2.25. The van der Waals surface area contributed by atoms with Crippen molar-refractivity contribution in [3.63, 3.8) is 0 Å². The molecular formula is C13H26N6O6S. The molecule has 26 heavy (non-hydrogen) atoms. The number of hydrogen-bond acceptors (Lipinski definition) is 8. The van der Waals surface area contributed by atoms with Crippen LogP contribution in [-0.4, -0.2) is 87.7 Å². The molecule has 150 valence electrons. The van der Waals surface area contributed by atoms with E-state index in [-0.39, 0.29) is 18.1 Å². The van der Waals surface area contributed by atoms with Crippen molar-refractivity contribution < 1.29 is 29.7 Å². The maximum Gasteiger partial charge on any atom is 0.328 e. The van der Waals surface area contributed by atoms with Crippen molar-refractivity contribution in [1.82, 2.24) is 21.1 Å². The molecule has 0 saturated heterocycles. The minimum absolute atomic E-state index is 0.0566. The summed E-state index contributed by atoms with van der Waals surface area (Å²) in [6.07, 6.45) is -1.38. The van der Waals surface area contributed by atoms with Crippen LogP contribution in [0.4, 0.5) is 0 Å². The van der Waals surface area contributed by atoms with Gasteiger partial charge in [0.15, 0.2) is 11.2 Å². The third kappa shape index (κ3) is 9.43. The number of aliphatic hydroxyl groups excluding tert-OH is 2. The highest BCUT2D eigenvalue weighted by Crippen LogP contribution is 1.97. The van der Waals surface area contributed by atoms with Crippen LogP contribution < -0.4 is 27.5 Å². The minimum Gasteiger partial charge on any atom is -0.480 e. The number of nitrogens with one attached hydrogen (secondary N) is 3. The van der Waals surface area contributed by atoms with E-state index < -0.39 is 48.6 Å². The van der Waals surface area contributed by atoms with Crippen LogP contribution in [0.3, 0.4) is 0 Å². The Kier molecular flexibility index (Phi) is 10.6. The maximum absolute atomic E-state index is 11.6. The van der Waals surface area contributed by atoms with Gasteiger partial charge in [-0.1, -0.05) is 0 Å². The van der Waals surface area contributed by atoms with Crippen LogP contribution in [0.15, 0.2) is 0 Å². The average Bonchev–Trinajstić information content (AvgIpc) is 2.49. The van der Waals surface area contributed by atoms with Crippen molar-refractivity contribution in [1.29, 1.82) is 0 Å². The van der Waals surface area contributed by atoms with E-state index in [0.717, 1.165) is 0 Å². The highest BCUT2D eigenvalue weighted by atomic mass is 32.1. The van der Waals surface area contributed by atoms with Gasteiger partial charge < -0.3 is 37.4 Å². The Balaban J connectivity index is 4.83. The van der Waals surface area contributed by atoms with Gasteiger partial charge in [0.25, 0.3) is 5.91 Å². The Morgan fingerprint density at radius 3 is 2.27 bits per heavy atom. The molecule has 0 heterocycles. The first kappa shape index (κ1) is 23.9. The molecule has 0 spiro atoms. The zero-order valence-corrected chi connectivity index (χ0v) is 15.3. The largest absolute Gasteiger partial charge is 0.480 e. The molecule has 0 aliphatic carbocycles. The number of carboxylic acid groups (broad SMARTS) is 1. The van der Waals surface area contributed by atoms with Gasteiger partial charge in [0.1, 0.15) is 6.04 Å². The number of carboxylic acids is 1. The predicted octanol–water partition coefficient (Wildman–Crippen LogP) is -4.19. The fraction of sp³-hybridized carbons (Fsp3) is 0.692. The zero-order chi connectivity index (χ0) is 20.4. The molecule has 0 radical (unpaired) electrons. The van der Waals surface area contributed by atoms with Gasteiger partial charge in [0.05, 0.1) is 18.8 Å². The van der Waals surface area contributed by atoms with Crippen molar-refractivity contribution in [3.05, 3.63) is 0 Å². The van der Waals surface area contributed by atoms with Crippen LogP contribution in [0.2, 0.25) is 0 Å². The van der Waals surface area contributed by atoms with Crippen molar-refractivity contribution in [2.75, 3.05) is 20.2 Å². The van der Waals surface area contributed by atoms with Crippen LogP contribution in [0.25, 0.3) is 0 Å². The van der Waals surface area contributed by atoms with Crippen LogP contribution in [-0.2, 0) is 14.4 Å². The van der Waals surface area contributed by atoms with E-state index in [9.17, 15) is 19.5 Å². The van der Waals surface area contributed by atoms with E-state index >= 15 is 0 Å². The number of carbonyl (C=O) groups excluding carboxylic acids is 2. The number of hydrogen-bond donors (Lipinski definition) is 8. The number of aliphatic hydroxyl groups is 2. The number of likely N-dealkylation sites (N-methyl/N-ethyl adjacent to an activating group) is 1. The van der Waals surface area contributed by atoms with Crippen LogP contribution in [0.5, 0.6) is 0 Å². The maximum atomic E-state index is 11.6. The van der Waals surface area contributed by atoms with Crippen LogP contribution in [0, 0.1) is 0 Å². The molecule has 0 saturated carbocycles. The van der Waals surface area contributed by atoms with Gasteiger partial charge in [-0.2, -0.15) is 0 Å². The molecule has 0 fully saturated rings. The number of carbonyl (C=O) groups is 3. The van der Waals surface area contributed by atoms with Gasteiger partial charge >= 0.3 is 5.97 Å². The molecule has 2 amide bonds. The number of amides is 2. The predicted molar refractivity (Wildman–Crippen MR) is 95.4 cm³/mol. The summed E-state index contributed by atoms with van der Waals surface area (Å²) in [5, 5.41) is 33.6. The number of hydrazine groups is 1. The summed E-state index contributed by atoms with van der Waals surface area (Å²) in [5.41, 5.74) is 13.0. The van der Waals surface area contributed by atoms with Crippen molar-refractivity contribution >= 4 is 35.1 Å². The third-order valence-electron chi connectivity index (χ3n) is 3.15. The molecule has 0 aliphatic heterocycles. The Morgan fingerprint density at radius 2 is 1.85 bits per heavy atom. The van der Waals surface area contributed by atoms with E-state index in [2.05, 4.69) is 16.1 Å². The quantitative estimate of drug-likeness (QED) is 0.125. The van der Waals surface area contributed by atoms with Crippen LogP contribution in [0.1, 0.15) is 13.3 Å². The van der Waals surface area contributed by atoms with Gasteiger partial charge in [-0.3, -0.25) is 15.0 Å². The topological polar surface area (TPSA) is 203 Å². The number of primary amides is 1. The Morgan fingerprint density at radius 1 is 1.27 bits per heavy atom. The van der Waals surface area contributed by atoms with Gasteiger partial charge in [0.2, 0.25) is 5.91 Å². The van der Waals surface area contributed by atoms with E-state index in [1.807, 2.05) is 0 Å². The first-order chi connectivity index (χ1) is 12.0. The van der Waals surface area contributed by atoms with Crippen LogP contribution >= 0.6 is 12.2 Å². The van der Waals surface area contributed by atoms with Gasteiger partial charge in [0, 0.05) is 20.0 Å². The van der Waals surface area contributed by atoms with E-state index in [1.54, 1.807) is 0 Å². The normalized spacial score (nSPS) is 15.5. The van der Waals surface area contributed by atoms with E-state index in [1.165, 1.54) is 19.0 Å². The summed E-state index contributed by atoms with van der Waals surface area (Å²) in [6, 6.07) is -3.12. The minimum atomic E-state index is -1.34. The Bertz CT molecular complexity index is 519. The summed E-state index contributed by atoms with van der Waals surface area (Å²) in [6.45, 7) is 0.802. The molecule has 0 bridgehead atoms. The summed E-state index contributed by atoms with van der Waals surface area (Å²) < 4.78 is 0. The Hall–Kier alpha value is -2.06. The summed E-state index contributed by atoms with van der Waals surface area (Å²) >= 11 is 4.99. The molecular weight excluding hydrogens is 368 g/mol. The molecule has 12 nitrogen and oxygen atoms in total. The summed E-state index contributed by atoms with van der Waals surface area (Å²) in [4.78, 5) is 33.9. The SMILES string of the molecule is CC(O)[C@H](NC(=S)N[C@@H](CC(N)=O)CN(C)NC(=O)[C@@H](N)CO)C(=O)O. The number of nitrogens with two attached hydrogens (primary N) is 2. The first-order valence-electron chi connectivity index (χ1n) is 7.62. The standard InChI is InChI=1S/C13H26N6O6S/c1-6(21)10(12(24)25)17-13(26)16-7(3-9(15)22)4-19(2)18-11(23)8(14)5-20/h6-8,10,20-21H,3-5,14H2,1-2H3,(H2,15,22)(H,18,23)(H,24,25)(H2,16,17,26)/t6?,7-,8-,10-/m0/s1. The summed E-state index contributed by atoms with van der Waals surface area (Å²) in [5.74, 6) is -2.59. The van der Waals surface area contributed by atoms with Gasteiger partial charge in [-0.25, -0.2) is 9.80 Å². The van der Waals surface area contributed by atoms with E-state index in [4.69, 9.17) is 33.9 Å². The molecule has 13 heteroatoms. The fourth-order valence-electron chi connectivity index (χ4n) is 1.89. The number of thiocarbonyl (C=S) groups is 1. The van der Waals surface area contributed by atoms with Gasteiger partial charge in [-0.15, -0.1) is 0 Å². The second-order valence-corrected chi connectivity index (χ2v) is 6.10. The Labute approximate surface area is 155 Å². The molecule has 4 atom stereocenters. The monoisotopic (exact) mass is 394 g/mol. The molecule has 0 aromatic heterocycles. The molecule has 0 rings (SSSR count). The molecule has 0 aromatic carbocycles. The van der Waals surface area contributed by atoms with Crippen molar-refractivity contribution in [3.8, 4) is 0 Å². The zero-order valence-electron chi connectivity index (χ0n) is 14.5. The number of aliphatic carboxylic acids is 1. The smallest absolute Gasteiger partial charge is 0.328 e. The first-order valence-corrected chi connectivity index (χ1v) is 8.03. The lowest BCUT2D eigenvalue weighted by Crippen LogP contribution is -2.57. The van der Waals surface area contributed by atoms with Crippen molar-refractivity contribution in [2.24, 2.45) is 11.5 Å².